The molecule has 1 amide bonds. The molecule has 3 rings (SSSR count). The molecule has 0 atom stereocenters. The second-order valence-electron chi connectivity index (χ2n) is 5.64. The van der Waals surface area contributed by atoms with Crippen LogP contribution >= 0.6 is 23.1 Å². The number of amides is 1. The summed E-state index contributed by atoms with van der Waals surface area (Å²) in [5.74, 6) is 0.441. The predicted octanol–water partition coefficient (Wildman–Crippen LogP) is 5.04. The summed E-state index contributed by atoms with van der Waals surface area (Å²) >= 11 is 2.47. The third kappa shape index (κ3) is 6.09. The second kappa shape index (κ2) is 9.14. The minimum Gasteiger partial charge on any atom is -0.497 e. The molecule has 1 aromatic heterocycles. The summed E-state index contributed by atoms with van der Waals surface area (Å²) in [7, 11) is 1.59. The van der Waals surface area contributed by atoms with Gasteiger partial charge in [-0.1, -0.05) is 23.1 Å². The van der Waals surface area contributed by atoms with Gasteiger partial charge in [0.15, 0.2) is 4.34 Å². The van der Waals surface area contributed by atoms with E-state index in [0.717, 1.165) is 23.6 Å². The topological polar surface area (TPSA) is 76.1 Å². The Labute approximate surface area is 172 Å². The van der Waals surface area contributed by atoms with Gasteiger partial charge < -0.3 is 15.4 Å². The molecular weight excluding hydrogens is 425 g/mol. The smallest absolute Gasteiger partial charge is 0.416 e. The summed E-state index contributed by atoms with van der Waals surface area (Å²) in [6, 6.07) is 11.6. The highest BCUT2D eigenvalue weighted by molar-refractivity contribution is 8.01. The molecule has 11 heteroatoms. The molecule has 2 aromatic carbocycles. The first-order chi connectivity index (χ1) is 13.8. The van der Waals surface area contributed by atoms with Crippen LogP contribution in [0.25, 0.3) is 0 Å². The molecule has 2 N–H and O–H groups in total. The van der Waals surface area contributed by atoms with Crippen LogP contribution in [0, 0.1) is 0 Å². The Hall–Kier alpha value is -2.79. The molecule has 3 aromatic rings. The number of anilines is 3. The fraction of sp³-hybridized carbons (Fsp3) is 0.167. The number of alkyl halides is 3. The molecule has 0 radical (unpaired) electrons. The Morgan fingerprint density at radius 2 is 1.72 bits per heavy atom. The lowest BCUT2D eigenvalue weighted by Gasteiger charge is -2.08. The monoisotopic (exact) mass is 440 g/mol. The van der Waals surface area contributed by atoms with E-state index in [9.17, 15) is 18.0 Å². The van der Waals surface area contributed by atoms with E-state index in [1.807, 2.05) is 24.3 Å². The van der Waals surface area contributed by atoms with Gasteiger partial charge >= 0.3 is 6.18 Å². The van der Waals surface area contributed by atoms with Crippen LogP contribution in [0.1, 0.15) is 5.56 Å². The van der Waals surface area contributed by atoms with Crippen molar-refractivity contribution < 1.29 is 22.7 Å². The van der Waals surface area contributed by atoms with E-state index in [0.29, 0.717) is 15.2 Å². The van der Waals surface area contributed by atoms with Crippen molar-refractivity contribution in [1.29, 1.82) is 0 Å². The zero-order valence-electron chi connectivity index (χ0n) is 15.0. The van der Waals surface area contributed by atoms with E-state index in [2.05, 4.69) is 20.8 Å². The summed E-state index contributed by atoms with van der Waals surface area (Å²) in [5.41, 5.74) is 0.344. The van der Waals surface area contributed by atoms with Crippen molar-refractivity contribution in [2.75, 3.05) is 23.5 Å². The molecule has 6 nitrogen and oxygen atoms in total. The first-order valence-corrected chi connectivity index (χ1v) is 9.98. The number of nitrogens with one attached hydrogen (secondary N) is 2. The molecule has 0 bridgehead atoms. The van der Waals surface area contributed by atoms with Crippen LogP contribution in [0.3, 0.4) is 0 Å². The molecule has 1 heterocycles. The van der Waals surface area contributed by atoms with E-state index in [1.165, 1.54) is 35.2 Å². The largest absolute Gasteiger partial charge is 0.497 e. The maximum absolute atomic E-state index is 12.6. The zero-order valence-corrected chi connectivity index (χ0v) is 16.6. The van der Waals surface area contributed by atoms with Crippen molar-refractivity contribution in [2.24, 2.45) is 0 Å². The van der Waals surface area contributed by atoms with E-state index < -0.39 is 11.7 Å². The van der Waals surface area contributed by atoms with Gasteiger partial charge in [0, 0.05) is 11.4 Å². The fourth-order valence-electron chi connectivity index (χ4n) is 2.18. The van der Waals surface area contributed by atoms with Gasteiger partial charge in [-0.2, -0.15) is 13.2 Å². The van der Waals surface area contributed by atoms with Gasteiger partial charge in [-0.15, -0.1) is 10.2 Å². The van der Waals surface area contributed by atoms with Crippen LogP contribution in [0.4, 0.5) is 29.7 Å². The summed E-state index contributed by atoms with van der Waals surface area (Å²) in [5, 5.41) is 14.2. The number of hydrogen-bond donors (Lipinski definition) is 2. The molecule has 0 spiro atoms. The summed E-state index contributed by atoms with van der Waals surface area (Å²) in [6.07, 6.45) is -4.41. The minimum atomic E-state index is -4.41. The van der Waals surface area contributed by atoms with Crippen LogP contribution < -0.4 is 15.4 Å². The van der Waals surface area contributed by atoms with Crippen LogP contribution in [-0.2, 0) is 11.0 Å². The maximum atomic E-state index is 12.6. The molecular formula is C18H15F3N4O2S2. The maximum Gasteiger partial charge on any atom is 0.416 e. The van der Waals surface area contributed by atoms with Gasteiger partial charge in [0.1, 0.15) is 5.75 Å². The Morgan fingerprint density at radius 3 is 2.34 bits per heavy atom. The lowest BCUT2D eigenvalue weighted by Crippen LogP contribution is -2.14. The number of methoxy groups -OCH3 is 1. The molecule has 0 fully saturated rings. The highest BCUT2D eigenvalue weighted by atomic mass is 32.2. The zero-order chi connectivity index (χ0) is 20.9. The first-order valence-electron chi connectivity index (χ1n) is 8.18. The van der Waals surface area contributed by atoms with Crippen molar-refractivity contribution in [3.8, 4) is 5.75 Å². The minimum absolute atomic E-state index is 0.0538. The van der Waals surface area contributed by atoms with Gasteiger partial charge in [-0.25, -0.2) is 0 Å². The number of hydrogen-bond acceptors (Lipinski definition) is 7. The van der Waals surface area contributed by atoms with E-state index in [4.69, 9.17) is 4.74 Å². The Kier molecular flexibility index (Phi) is 6.60. The van der Waals surface area contributed by atoms with Crippen molar-refractivity contribution in [3.63, 3.8) is 0 Å². The molecule has 0 aliphatic heterocycles. The number of rotatable bonds is 7. The van der Waals surface area contributed by atoms with Crippen molar-refractivity contribution in [1.82, 2.24) is 10.2 Å². The molecule has 0 saturated carbocycles. The normalized spacial score (nSPS) is 11.2. The van der Waals surface area contributed by atoms with Crippen LogP contribution in [0.15, 0.2) is 52.9 Å². The van der Waals surface area contributed by atoms with Crippen molar-refractivity contribution in [2.45, 2.75) is 10.5 Å². The second-order valence-corrected chi connectivity index (χ2v) is 7.84. The average molecular weight is 440 g/mol. The van der Waals surface area contributed by atoms with Crippen molar-refractivity contribution in [3.05, 3.63) is 54.1 Å². The van der Waals surface area contributed by atoms with Gasteiger partial charge in [-0.05, 0) is 48.5 Å². The predicted molar refractivity (Wildman–Crippen MR) is 107 cm³/mol. The SMILES string of the molecule is COc1ccc(Nc2nnc(SCC(=O)Nc3ccc(C(F)(F)F)cc3)s2)cc1. The fourth-order valence-corrected chi connectivity index (χ4v) is 3.76. The Balaban J connectivity index is 1.49. The van der Waals surface area contributed by atoms with Gasteiger partial charge in [0.25, 0.3) is 0 Å². The van der Waals surface area contributed by atoms with E-state index >= 15 is 0 Å². The lowest BCUT2D eigenvalue weighted by molar-refractivity contribution is -0.137. The Bertz CT molecular complexity index is 960. The molecule has 0 aliphatic rings. The molecule has 0 unspecified atom stereocenters. The van der Waals surface area contributed by atoms with Gasteiger partial charge in [0.2, 0.25) is 11.0 Å². The lowest BCUT2D eigenvalue weighted by atomic mass is 10.2. The number of nitrogens with zero attached hydrogens (tertiary/aromatic N) is 2. The number of carbonyl (C=O) groups excluding carboxylic acids is 1. The van der Waals surface area contributed by atoms with Gasteiger partial charge in [0.05, 0.1) is 18.4 Å². The quantitative estimate of drug-likeness (QED) is 0.502. The number of benzene rings is 2. The number of aromatic nitrogens is 2. The number of carbonyl (C=O) groups is 1. The van der Waals surface area contributed by atoms with Gasteiger partial charge in [-0.3, -0.25) is 4.79 Å². The summed E-state index contributed by atoms with van der Waals surface area (Å²) in [4.78, 5) is 12.0. The molecule has 0 aliphatic carbocycles. The molecule has 0 saturated heterocycles. The number of ether oxygens (including phenoxy) is 1. The van der Waals surface area contributed by atoms with Crippen molar-refractivity contribution >= 4 is 45.5 Å². The third-order valence-electron chi connectivity index (χ3n) is 3.57. The summed E-state index contributed by atoms with van der Waals surface area (Å²) < 4.78 is 43.3. The Morgan fingerprint density at radius 1 is 1.07 bits per heavy atom. The van der Waals surface area contributed by atoms with Crippen LogP contribution in [-0.4, -0.2) is 29.0 Å². The standard InChI is InChI=1S/C18H15F3N4O2S2/c1-27-14-8-6-13(7-9-14)23-16-24-25-17(29-16)28-10-15(26)22-12-4-2-11(3-5-12)18(19,20)21/h2-9H,10H2,1H3,(H,22,26)(H,23,24). The highest BCUT2D eigenvalue weighted by Gasteiger charge is 2.29. The van der Waals surface area contributed by atoms with Crippen LogP contribution in [0.2, 0.25) is 0 Å². The highest BCUT2D eigenvalue weighted by Crippen LogP contribution is 2.30. The van der Waals surface area contributed by atoms with E-state index in [-0.39, 0.29) is 11.7 Å². The molecule has 29 heavy (non-hydrogen) atoms. The first kappa shape index (κ1) is 20.9. The van der Waals surface area contributed by atoms with Crippen LogP contribution in [0.5, 0.6) is 5.75 Å². The average Bonchev–Trinajstić information content (AvgIpc) is 3.14. The van der Waals surface area contributed by atoms with E-state index in [1.54, 1.807) is 7.11 Å². The molecule has 152 valence electrons. The number of thioether (sulfide) groups is 1. The summed E-state index contributed by atoms with van der Waals surface area (Å²) in [6.45, 7) is 0. The third-order valence-corrected chi connectivity index (χ3v) is 5.54. The number of halogens is 3.